The van der Waals surface area contributed by atoms with E-state index in [0.717, 1.165) is 53.6 Å². The molecule has 3 aromatic rings. The zero-order valence-corrected chi connectivity index (χ0v) is 19.1. The molecule has 0 aliphatic rings. The first-order chi connectivity index (χ1) is 15.3. The summed E-state index contributed by atoms with van der Waals surface area (Å²) in [6.45, 7) is 0.832. The Morgan fingerprint density at radius 3 is 2.16 bits per heavy atom. The Labute approximate surface area is 191 Å². The Morgan fingerprint density at radius 2 is 1.45 bits per heavy atom. The third kappa shape index (κ3) is 8.16. The summed E-state index contributed by atoms with van der Waals surface area (Å²) in [5.74, 6) is 0.745. The average Bonchev–Trinajstić information content (AvgIpc) is 2.79. The van der Waals surface area contributed by atoms with E-state index in [2.05, 4.69) is 24.3 Å². The molecule has 0 fully saturated rings. The lowest BCUT2D eigenvalue weighted by atomic mass is 10.1. The van der Waals surface area contributed by atoms with Crippen LogP contribution in [0.15, 0.2) is 54.6 Å². The molecule has 0 amide bonds. The van der Waals surface area contributed by atoms with E-state index in [1.807, 2.05) is 30.3 Å². The number of ether oxygens (including phenoxy) is 1. The SMILES string of the molecule is OCCCCCCCCCCCc1ccc2cc(Cl)cc(OCc3ccccc3)c2n1. The maximum atomic E-state index is 8.80. The summed E-state index contributed by atoms with van der Waals surface area (Å²) in [4.78, 5) is 4.90. The monoisotopic (exact) mass is 439 g/mol. The van der Waals surface area contributed by atoms with Gasteiger partial charge >= 0.3 is 0 Å². The minimum absolute atomic E-state index is 0.330. The van der Waals surface area contributed by atoms with Crippen LogP contribution in [0.2, 0.25) is 5.02 Å². The molecule has 0 atom stereocenters. The van der Waals surface area contributed by atoms with Crippen molar-refractivity contribution < 1.29 is 9.84 Å². The van der Waals surface area contributed by atoms with E-state index in [1.54, 1.807) is 0 Å². The second-order valence-corrected chi connectivity index (χ2v) is 8.64. The van der Waals surface area contributed by atoms with Gasteiger partial charge in [0.1, 0.15) is 17.9 Å². The molecule has 1 heterocycles. The van der Waals surface area contributed by atoms with Gasteiger partial charge < -0.3 is 9.84 Å². The largest absolute Gasteiger partial charge is 0.487 e. The van der Waals surface area contributed by atoms with Gasteiger partial charge in [0.05, 0.1) is 0 Å². The Kier molecular flexibility index (Phi) is 10.1. The minimum atomic E-state index is 0.330. The second-order valence-electron chi connectivity index (χ2n) is 8.21. The van der Waals surface area contributed by atoms with Gasteiger partial charge in [-0.15, -0.1) is 0 Å². The van der Waals surface area contributed by atoms with E-state index < -0.39 is 0 Å². The van der Waals surface area contributed by atoms with Crippen molar-refractivity contribution >= 4 is 22.5 Å². The van der Waals surface area contributed by atoms with E-state index in [4.69, 9.17) is 26.4 Å². The number of unbranched alkanes of at least 4 members (excludes halogenated alkanes) is 8. The summed E-state index contributed by atoms with van der Waals surface area (Å²) in [7, 11) is 0. The summed E-state index contributed by atoms with van der Waals surface area (Å²) in [6, 6.07) is 18.2. The van der Waals surface area contributed by atoms with E-state index in [1.165, 1.54) is 38.5 Å². The average molecular weight is 440 g/mol. The van der Waals surface area contributed by atoms with Crippen molar-refractivity contribution in [2.45, 2.75) is 70.8 Å². The summed E-state index contributed by atoms with van der Waals surface area (Å²) in [6.07, 6.45) is 12.0. The molecular weight excluding hydrogens is 406 g/mol. The van der Waals surface area contributed by atoms with E-state index in [9.17, 15) is 0 Å². The number of aromatic nitrogens is 1. The molecule has 31 heavy (non-hydrogen) atoms. The zero-order chi connectivity index (χ0) is 21.7. The first kappa shape index (κ1) is 23.6. The highest BCUT2D eigenvalue weighted by Crippen LogP contribution is 2.30. The van der Waals surface area contributed by atoms with Crippen LogP contribution in [0.3, 0.4) is 0 Å². The van der Waals surface area contributed by atoms with E-state index in [-0.39, 0.29) is 0 Å². The third-order valence-corrected chi connectivity index (χ3v) is 5.83. The highest BCUT2D eigenvalue weighted by atomic mass is 35.5. The van der Waals surface area contributed by atoms with Crippen LogP contribution in [-0.2, 0) is 13.0 Å². The Balaban J connectivity index is 1.48. The molecule has 0 saturated carbocycles. The number of benzene rings is 2. The van der Waals surface area contributed by atoms with Crippen LogP contribution in [0.4, 0.5) is 0 Å². The van der Waals surface area contributed by atoms with Gasteiger partial charge in [0.25, 0.3) is 0 Å². The van der Waals surface area contributed by atoms with E-state index in [0.29, 0.717) is 18.2 Å². The predicted molar refractivity (Wildman–Crippen MR) is 130 cm³/mol. The maximum Gasteiger partial charge on any atom is 0.147 e. The van der Waals surface area contributed by atoms with Crippen LogP contribution in [0.1, 0.15) is 69.0 Å². The van der Waals surface area contributed by atoms with Gasteiger partial charge in [0.2, 0.25) is 0 Å². The molecule has 1 aromatic heterocycles. The molecule has 0 unspecified atom stereocenters. The van der Waals surface area contributed by atoms with Gasteiger partial charge in [-0.3, -0.25) is 0 Å². The fourth-order valence-electron chi connectivity index (χ4n) is 3.85. The van der Waals surface area contributed by atoms with Crippen molar-refractivity contribution in [2.75, 3.05) is 6.61 Å². The summed E-state index contributed by atoms with van der Waals surface area (Å²) < 4.78 is 6.09. The van der Waals surface area contributed by atoms with Crippen molar-refractivity contribution in [3.63, 3.8) is 0 Å². The lowest BCUT2D eigenvalue weighted by Crippen LogP contribution is -1.98. The van der Waals surface area contributed by atoms with Gasteiger partial charge in [-0.2, -0.15) is 0 Å². The maximum absolute atomic E-state index is 8.80. The third-order valence-electron chi connectivity index (χ3n) is 5.61. The smallest absolute Gasteiger partial charge is 0.147 e. The van der Waals surface area contributed by atoms with Gasteiger partial charge in [0, 0.05) is 28.8 Å². The molecule has 0 aliphatic carbocycles. The molecule has 0 radical (unpaired) electrons. The molecule has 166 valence electrons. The number of pyridine rings is 1. The predicted octanol–water partition coefficient (Wildman–Crippen LogP) is 7.51. The standard InChI is InChI=1S/C27H34ClNO2/c28-24-19-23-16-17-25(15-11-6-4-2-1-3-5-7-12-18-30)29-27(23)26(20-24)31-21-22-13-9-8-10-14-22/h8-10,13-14,16-17,19-20,30H,1-7,11-12,15,18,21H2. The van der Waals surface area contributed by atoms with Crippen LogP contribution in [0.5, 0.6) is 5.75 Å². The minimum Gasteiger partial charge on any atom is -0.487 e. The van der Waals surface area contributed by atoms with Crippen molar-refractivity contribution in [3.05, 3.63) is 70.9 Å². The molecule has 0 saturated heterocycles. The van der Waals surface area contributed by atoms with Gasteiger partial charge in [0.15, 0.2) is 0 Å². The zero-order valence-electron chi connectivity index (χ0n) is 18.4. The van der Waals surface area contributed by atoms with Crippen molar-refractivity contribution in [1.82, 2.24) is 4.98 Å². The Hall–Kier alpha value is -2.10. The number of aliphatic hydroxyl groups is 1. The fourth-order valence-corrected chi connectivity index (χ4v) is 4.06. The molecule has 0 bridgehead atoms. The molecule has 2 aromatic carbocycles. The molecule has 3 nitrogen and oxygen atoms in total. The molecular formula is C27H34ClNO2. The lowest BCUT2D eigenvalue weighted by Gasteiger charge is -2.11. The molecule has 3 rings (SSSR count). The fraction of sp³-hybridized carbons (Fsp3) is 0.444. The van der Waals surface area contributed by atoms with Crippen molar-refractivity contribution in [2.24, 2.45) is 0 Å². The molecule has 1 N–H and O–H groups in total. The molecule has 4 heteroatoms. The summed E-state index contributed by atoms with van der Waals surface area (Å²) in [5, 5.41) is 10.5. The number of hydrogen-bond donors (Lipinski definition) is 1. The number of halogens is 1. The first-order valence-corrected chi connectivity index (χ1v) is 12.0. The highest BCUT2D eigenvalue weighted by Gasteiger charge is 2.08. The van der Waals surface area contributed by atoms with Crippen LogP contribution >= 0.6 is 11.6 Å². The summed E-state index contributed by atoms with van der Waals surface area (Å²) in [5.41, 5.74) is 3.13. The van der Waals surface area contributed by atoms with Crippen LogP contribution in [-0.4, -0.2) is 16.7 Å². The van der Waals surface area contributed by atoms with Gasteiger partial charge in [-0.05, 0) is 37.0 Å². The quantitative estimate of drug-likeness (QED) is 0.264. The number of fused-ring (bicyclic) bond motifs is 1. The van der Waals surface area contributed by atoms with Crippen molar-refractivity contribution in [3.8, 4) is 5.75 Å². The first-order valence-electron chi connectivity index (χ1n) is 11.6. The number of nitrogens with zero attached hydrogens (tertiary/aromatic N) is 1. The van der Waals surface area contributed by atoms with Crippen LogP contribution in [0.25, 0.3) is 10.9 Å². The van der Waals surface area contributed by atoms with Crippen LogP contribution in [0, 0.1) is 0 Å². The number of aliphatic hydroxyl groups excluding tert-OH is 1. The second kappa shape index (κ2) is 13.3. The molecule has 0 aliphatic heterocycles. The Morgan fingerprint density at radius 1 is 0.774 bits per heavy atom. The molecule has 0 spiro atoms. The van der Waals surface area contributed by atoms with E-state index >= 15 is 0 Å². The van der Waals surface area contributed by atoms with Gasteiger partial charge in [-0.25, -0.2) is 4.98 Å². The summed E-state index contributed by atoms with van der Waals surface area (Å²) >= 11 is 6.31. The topological polar surface area (TPSA) is 42.4 Å². The van der Waals surface area contributed by atoms with Crippen LogP contribution < -0.4 is 4.74 Å². The number of aryl methyl sites for hydroxylation is 1. The van der Waals surface area contributed by atoms with Crippen molar-refractivity contribution in [1.29, 1.82) is 0 Å². The normalized spacial score (nSPS) is 11.2. The van der Waals surface area contributed by atoms with Gasteiger partial charge in [-0.1, -0.05) is 92.9 Å². The Bertz CT molecular complexity index is 914. The lowest BCUT2D eigenvalue weighted by molar-refractivity contribution is 0.282. The highest BCUT2D eigenvalue weighted by molar-refractivity contribution is 6.31. The number of rotatable bonds is 14. The number of hydrogen-bond acceptors (Lipinski definition) is 3.